The maximum Gasteiger partial charge on any atom is 0.123 e. The average Bonchev–Trinajstić information content (AvgIpc) is 2.39. The summed E-state index contributed by atoms with van der Waals surface area (Å²) < 4.78 is 13.0. The number of aliphatic hydroxyl groups is 1. The highest BCUT2D eigenvalue weighted by Gasteiger charge is 2.22. The Morgan fingerprint density at radius 3 is 2.47 bits per heavy atom. The lowest BCUT2D eigenvalue weighted by molar-refractivity contribution is 0.0715. The Balaban J connectivity index is 2.09. The maximum atomic E-state index is 13.0. The summed E-state index contributed by atoms with van der Waals surface area (Å²) >= 11 is 0. The molecule has 2 aromatic rings. The standard InChI is InChI=1S/C16H18FNO/c1-12-10-14(17)8-9-15(12)18-11-16(2,19)13-6-4-3-5-7-13/h3-10,18-19H,11H2,1-2H3. The van der Waals surface area contributed by atoms with E-state index in [4.69, 9.17) is 0 Å². The van der Waals surface area contributed by atoms with E-state index in [9.17, 15) is 9.50 Å². The average molecular weight is 259 g/mol. The first-order chi connectivity index (χ1) is 8.99. The minimum Gasteiger partial charge on any atom is -0.384 e. The van der Waals surface area contributed by atoms with Crippen molar-refractivity contribution in [1.82, 2.24) is 0 Å². The van der Waals surface area contributed by atoms with E-state index in [-0.39, 0.29) is 5.82 Å². The number of nitrogens with one attached hydrogen (secondary N) is 1. The lowest BCUT2D eigenvalue weighted by Crippen LogP contribution is -2.30. The molecule has 0 radical (unpaired) electrons. The van der Waals surface area contributed by atoms with Crippen LogP contribution >= 0.6 is 0 Å². The van der Waals surface area contributed by atoms with Gasteiger partial charge in [-0.3, -0.25) is 0 Å². The van der Waals surface area contributed by atoms with Gasteiger partial charge in [-0.05, 0) is 43.2 Å². The molecular formula is C16H18FNO. The van der Waals surface area contributed by atoms with Crippen molar-refractivity contribution in [3.8, 4) is 0 Å². The molecule has 0 spiro atoms. The van der Waals surface area contributed by atoms with Gasteiger partial charge in [0.15, 0.2) is 0 Å². The molecule has 0 saturated heterocycles. The van der Waals surface area contributed by atoms with E-state index in [0.717, 1.165) is 16.8 Å². The molecular weight excluding hydrogens is 241 g/mol. The second kappa shape index (κ2) is 5.41. The molecule has 0 saturated carbocycles. The smallest absolute Gasteiger partial charge is 0.123 e. The third-order valence-electron chi connectivity index (χ3n) is 3.21. The van der Waals surface area contributed by atoms with Crippen molar-refractivity contribution in [1.29, 1.82) is 0 Å². The van der Waals surface area contributed by atoms with Crippen LogP contribution in [-0.2, 0) is 5.60 Å². The molecule has 1 atom stereocenters. The largest absolute Gasteiger partial charge is 0.384 e. The quantitative estimate of drug-likeness (QED) is 0.881. The van der Waals surface area contributed by atoms with Crippen LogP contribution in [0.2, 0.25) is 0 Å². The topological polar surface area (TPSA) is 32.3 Å². The van der Waals surface area contributed by atoms with Crippen LogP contribution in [0, 0.1) is 12.7 Å². The Kier molecular flexibility index (Phi) is 3.86. The highest BCUT2D eigenvalue weighted by Crippen LogP contribution is 2.22. The van der Waals surface area contributed by atoms with Crippen molar-refractivity contribution in [3.05, 3.63) is 65.5 Å². The normalized spacial score (nSPS) is 13.9. The molecule has 19 heavy (non-hydrogen) atoms. The van der Waals surface area contributed by atoms with Gasteiger partial charge in [0.25, 0.3) is 0 Å². The number of hydrogen-bond acceptors (Lipinski definition) is 2. The summed E-state index contributed by atoms with van der Waals surface area (Å²) in [5.74, 6) is -0.252. The summed E-state index contributed by atoms with van der Waals surface area (Å²) in [6.07, 6.45) is 0. The van der Waals surface area contributed by atoms with Crippen LogP contribution in [0.1, 0.15) is 18.1 Å². The molecule has 2 rings (SSSR count). The van der Waals surface area contributed by atoms with Crippen molar-refractivity contribution in [2.75, 3.05) is 11.9 Å². The predicted octanol–water partition coefficient (Wildman–Crippen LogP) is 3.45. The summed E-state index contributed by atoms with van der Waals surface area (Å²) in [6, 6.07) is 14.0. The van der Waals surface area contributed by atoms with Crippen molar-refractivity contribution in [2.45, 2.75) is 19.4 Å². The molecule has 0 aliphatic heterocycles. The number of benzene rings is 2. The van der Waals surface area contributed by atoms with Crippen molar-refractivity contribution >= 4 is 5.69 Å². The van der Waals surface area contributed by atoms with Gasteiger partial charge in [0, 0.05) is 12.2 Å². The zero-order valence-corrected chi connectivity index (χ0v) is 11.2. The first-order valence-electron chi connectivity index (χ1n) is 6.27. The van der Waals surface area contributed by atoms with Gasteiger partial charge in [0.2, 0.25) is 0 Å². The molecule has 0 fully saturated rings. The lowest BCUT2D eigenvalue weighted by atomic mass is 9.96. The molecule has 0 aliphatic carbocycles. The summed E-state index contributed by atoms with van der Waals surface area (Å²) in [5.41, 5.74) is 1.53. The van der Waals surface area contributed by atoms with Crippen LogP contribution in [0.15, 0.2) is 48.5 Å². The Bertz CT molecular complexity index is 552. The highest BCUT2D eigenvalue weighted by molar-refractivity contribution is 5.51. The first-order valence-corrected chi connectivity index (χ1v) is 6.27. The number of hydrogen-bond donors (Lipinski definition) is 2. The maximum absolute atomic E-state index is 13.0. The van der Waals surface area contributed by atoms with Crippen LogP contribution in [0.25, 0.3) is 0 Å². The summed E-state index contributed by atoms with van der Waals surface area (Å²) in [5, 5.41) is 13.6. The number of anilines is 1. The van der Waals surface area contributed by atoms with Gasteiger partial charge in [0.1, 0.15) is 11.4 Å². The minimum absolute atomic E-state index is 0.252. The van der Waals surface area contributed by atoms with E-state index in [1.165, 1.54) is 12.1 Å². The summed E-state index contributed by atoms with van der Waals surface area (Å²) in [4.78, 5) is 0. The molecule has 0 heterocycles. The molecule has 2 nitrogen and oxygen atoms in total. The predicted molar refractivity (Wildman–Crippen MR) is 75.6 cm³/mol. The second-order valence-electron chi connectivity index (χ2n) is 4.95. The third-order valence-corrected chi connectivity index (χ3v) is 3.21. The number of aryl methyl sites for hydroxylation is 1. The van der Waals surface area contributed by atoms with Crippen molar-refractivity contribution in [3.63, 3.8) is 0 Å². The zero-order valence-electron chi connectivity index (χ0n) is 11.2. The number of rotatable bonds is 4. The van der Waals surface area contributed by atoms with Crippen LogP contribution in [-0.4, -0.2) is 11.7 Å². The van der Waals surface area contributed by atoms with Gasteiger partial charge >= 0.3 is 0 Å². The lowest BCUT2D eigenvalue weighted by Gasteiger charge is -2.25. The minimum atomic E-state index is -0.970. The second-order valence-corrected chi connectivity index (χ2v) is 4.95. The Hall–Kier alpha value is -1.87. The van der Waals surface area contributed by atoms with E-state index in [1.807, 2.05) is 37.3 Å². The van der Waals surface area contributed by atoms with Crippen LogP contribution in [0.3, 0.4) is 0 Å². The van der Waals surface area contributed by atoms with Crippen LogP contribution in [0.5, 0.6) is 0 Å². The molecule has 2 N–H and O–H groups in total. The van der Waals surface area contributed by atoms with Gasteiger partial charge in [-0.1, -0.05) is 30.3 Å². The molecule has 0 aromatic heterocycles. The van der Waals surface area contributed by atoms with E-state index < -0.39 is 5.60 Å². The summed E-state index contributed by atoms with van der Waals surface area (Å²) in [6.45, 7) is 3.96. The fourth-order valence-corrected chi connectivity index (χ4v) is 1.99. The molecule has 0 bridgehead atoms. The Labute approximate surface area is 112 Å². The van der Waals surface area contributed by atoms with Crippen LogP contribution < -0.4 is 5.32 Å². The van der Waals surface area contributed by atoms with E-state index in [1.54, 1.807) is 13.0 Å². The molecule has 0 amide bonds. The van der Waals surface area contributed by atoms with E-state index in [0.29, 0.717) is 6.54 Å². The van der Waals surface area contributed by atoms with Crippen LogP contribution in [0.4, 0.5) is 10.1 Å². The Morgan fingerprint density at radius 1 is 1.16 bits per heavy atom. The third kappa shape index (κ3) is 3.32. The Morgan fingerprint density at radius 2 is 1.84 bits per heavy atom. The van der Waals surface area contributed by atoms with Gasteiger partial charge in [-0.2, -0.15) is 0 Å². The van der Waals surface area contributed by atoms with E-state index >= 15 is 0 Å². The van der Waals surface area contributed by atoms with Crippen molar-refractivity contribution in [2.24, 2.45) is 0 Å². The molecule has 1 unspecified atom stereocenters. The number of halogens is 1. The van der Waals surface area contributed by atoms with Gasteiger partial charge < -0.3 is 10.4 Å². The fraction of sp³-hybridized carbons (Fsp3) is 0.250. The first kappa shape index (κ1) is 13.6. The molecule has 0 aliphatic rings. The molecule has 100 valence electrons. The fourth-order valence-electron chi connectivity index (χ4n) is 1.99. The van der Waals surface area contributed by atoms with Gasteiger partial charge in [0.05, 0.1) is 0 Å². The SMILES string of the molecule is Cc1cc(F)ccc1NCC(C)(O)c1ccccc1. The monoisotopic (exact) mass is 259 g/mol. The van der Waals surface area contributed by atoms with E-state index in [2.05, 4.69) is 5.32 Å². The zero-order chi connectivity index (χ0) is 13.9. The summed E-state index contributed by atoms with van der Waals surface area (Å²) in [7, 11) is 0. The van der Waals surface area contributed by atoms with Gasteiger partial charge in [-0.25, -0.2) is 4.39 Å². The molecule has 3 heteroatoms. The molecule has 2 aromatic carbocycles. The highest BCUT2D eigenvalue weighted by atomic mass is 19.1. The van der Waals surface area contributed by atoms with Gasteiger partial charge in [-0.15, -0.1) is 0 Å². The van der Waals surface area contributed by atoms with Crippen molar-refractivity contribution < 1.29 is 9.50 Å².